The fourth-order valence-electron chi connectivity index (χ4n) is 3.00. The Morgan fingerprint density at radius 1 is 1.41 bits per heavy atom. The van der Waals surface area contributed by atoms with Crippen LogP contribution in [0.1, 0.15) is 44.6 Å². The maximum absolute atomic E-state index is 11.2. The average Bonchev–Trinajstić information content (AvgIpc) is 2.47. The van der Waals surface area contributed by atoms with Crippen LogP contribution < -0.4 is 4.90 Å². The number of likely N-dealkylation sites (N-methyl/N-ethyl adjacent to an activating group) is 1. The van der Waals surface area contributed by atoms with Crippen LogP contribution in [0.3, 0.4) is 0 Å². The van der Waals surface area contributed by atoms with E-state index in [2.05, 4.69) is 47.3 Å². The smallest absolute Gasteiger partial charge is 0.0999 e. The maximum Gasteiger partial charge on any atom is 0.0999 e. The molecule has 22 heavy (non-hydrogen) atoms. The van der Waals surface area contributed by atoms with Crippen molar-refractivity contribution in [3.05, 3.63) is 24.0 Å². The molecule has 1 aliphatic rings. The van der Waals surface area contributed by atoms with Gasteiger partial charge in [0.15, 0.2) is 0 Å². The zero-order chi connectivity index (χ0) is 16.5. The van der Waals surface area contributed by atoms with Gasteiger partial charge in [0.1, 0.15) is 0 Å². The quantitative estimate of drug-likeness (QED) is 0.836. The number of β-amino-alcohol motifs (C(OH)–C–C–N with tert-alkyl or cyclic N) is 1. The molecule has 1 aliphatic heterocycles. The molecular formula is C17H29N3OS. The minimum Gasteiger partial charge on any atom is -0.386 e. The second-order valence-electron chi connectivity index (χ2n) is 7.13. The number of anilines is 1. The molecule has 2 heterocycles. The summed E-state index contributed by atoms with van der Waals surface area (Å²) in [4.78, 5) is 8.84. The third-order valence-electron chi connectivity index (χ3n) is 5.29. The minimum atomic E-state index is -0.732. The van der Waals surface area contributed by atoms with Crippen LogP contribution in [0.25, 0.3) is 0 Å². The number of piperidine rings is 1. The molecule has 2 unspecified atom stereocenters. The normalized spacial score (nSPS) is 24.6. The summed E-state index contributed by atoms with van der Waals surface area (Å²) in [6.07, 6.45) is 3.71. The van der Waals surface area contributed by atoms with E-state index in [1.54, 1.807) is 0 Å². The number of hydrogen-bond donors (Lipinski definition) is 2. The van der Waals surface area contributed by atoms with E-state index >= 15 is 0 Å². The minimum absolute atomic E-state index is 0.139. The highest BCUT2D eigenvalue weighted by Gasteiger charge is 2.47. The van der Waals surface area contributed by atoms with Crippen LogP contribution in [0, 0.1) is 0 Å². The number of pyridine rings is 1. The number of rotatable bonds is 4. The molecule has 1 fully saturated rings. The highest BCUT2D eigenvalue weighted by atomic mass is 32.1. The van der Waals surface area contributed by atoms with Crippen molar-refractivity contribution in [1.29, 1.82) is 0 Å². The van der Waals surface area contributed by atoms with Crippen molar-refractivity contribution in [1.82, 2.24) is 9.88 Å². The van der Waals surface area contributed by atoms with Gasteiger partial charge in [0.2, 0.25) is 0 Å². The highest BCUT2D eigenvalue weighted by molar-refractivity contribution is 7.80. The van der Waals surface area contributed by atoms with E-state index in [1.165, 1.54) is 0 Å². The van der Waals surface area contributed by atoms with Gasteiger partial charge in [0.25, 0.3) is 0 Å². The Labute approximate surface area is 139 Å². The van der Waals surface area contributed by atoms with Crippen molar-refractivity contribution < 1.29 is 5.11 Å². The van der Waals surface area contributed by atoms with E-state index in [1.807, 2.05) is 33.3 Å². The summed E-state index contributed by atoms with van der Waals surface area (Å²) >= 11 is 4.42. The molecule has 124 valence electrons. The van der Waals surface area contributed by atoms with Crippen molar-refractivity contribution >= 4 is 18.3 Å². The first-order valence-corrected chi connectivity index (χ1v) is 8.48. The topological polar surface area (TPSA) is 39.6 Å². The molecule has 4 nitrogen and oxygen atoms in total. The van der Waals surface area contributed by atoms with E-state index in [4.69, 9.17) is 0 Å². The van der Waals surface area contributed by atoms with E-state index < -0.39 is 5.60 Å². The van der Waals surface area contributed by atoms with Gasteiger partial charge < -0.3 is 14.9 Å². The summed E-state index contributed by atoms with van der Waals surface area (Å²) in [5.74, 6) is 0. The molecule has 2 atom stereocenters. The van der Waals surface area contributed by atoms with Crippen molar-refractivity contribution in [3.63, 3.8) is 0 Å². The molecule has 0 amide bonds. The molecule has 0 bridgehead atoms. The van der Waals surface area contributed by atoms with E-state index in [0.717, 1.165) is 30.8 Å². The Bertz CT molecular complexity index is 501. The maximum atomic E-state index is 11.2. The molecule has 5 heteroatoms. The number of aliphatic hydroxyl groups is 1. The Morgan fingerprint density at radius 2 is 2.09 bits per heavy atom. The molecule has 0 radical (unpaired) electrons. The summed E-state index contributed by atoms with van der Waals surface area (Å²) in [5, 5.41) is 11.4. The fourth-order valence-corrected chi connectivity index (χ4v) is 3.16. The van der Waals surface area contributed by atoms with Crippen LogP contribution in [0.2, 0.25) is 0 Å². The number of hydrogen-bond acceptors (Lipinski definition) is 5. The van der Waals surface area contributed by atoms with E-state index in [9.17, 15) is 5.11 Å². The molecule has 0 aromatic carbocycles. The zero-order valence-electron chi connectivity index (χ0n) is 14.4. The summed E-state index contributed by atoms with van der Waals surface area (Å²) in [5.41, 5.74) is 1.04. The highest BCUT2D eigenvalue weighted by Crippen LogP contribution is 2.36. The Kier molecular flexibility index (Phi) is 5.09. The fraction of sp³-hybridized carbons (Fsp3) is 0.706. The molecule has 0 spiro atoms. The van der Waals surface area contributed by atoms with Gasteiger partial charge in [-0.15, -0.1) is 0 Å². The summed E-state index contributed by atoms with van der Waals surface area (Å²) in [6, 6.07) is 4.11. The second-order valence-corrected chi connectivity index (χ2v) is 7.90. The lowest BCUT2D eigenvalue weighted by atomic mass is 9.76. The van der Waals surface area contributed by atoms with Gasteiger partial charge in [0, 0.05) is 23.9 Å². The standard InChI is InChI=1S/C17H29N3OS/c1-13(22)15-8-7-14(11-18-15)20-10-6-9-17(21,12-20)16(2,3)19(4)5/h7-8,11,13,21-22H,6,9-10,12H2,1-5H3. The lowest BCUT2D eigenvalue weighted by Gasteiger charge is -2.52. The second kappa shape index (κ2) is 6.38. The van der Waals surface area contributed by atoms with Gasteiger partial charge in [-0.1, -0.05) is 0 Å². The summed E-state index contributed by atoms with van der Waals surface area (Å²) < 4.78 is 0. The molecule has 1 aromatic heterocycles. The third kappa shape index (κ3) is 3.26. The number of thiol groups is 1. The molecular weight excluding hydrogens is 294 g/mol. The zero-order valence-corrected chi connectivity index (χ0v) is 15.3. The van der Waals surface area contributed by atoms with Crippen molar-refractivity contribution in [2.45, 2.75) is 50.0 Å². The van der Waals surface area contributed by atoms with Crippen LogP contribution in [0.15, 0.2) is 18.3 Å². The van der Waals surface area contributed by atoms with Crippen LogP contribution in [0.4, 0.5) is 5.69 Å². The van der Waals surface area contributed by atoms with Crippen LogP contribution in [0.5, 0.6) is 0 Å². The predicted molar refractivity (Wildman–Crippen MR) is 95.8 cm³/mol. The average molecular weight is 324 g/mol. The predicted octanol–water partition coefficient (Wildman–Crippen LogP) is 2.74. The summed E-state index contributed by atoms with van der Waals surface area (Å²) in [6.45, 7) is 7.84. The van der Waals surface area contributed by atoms with E-state index in [-0.39, 0.29) is 10.8 Å². The molecule has 2 rings (SSSR count). The monoisotopic (exact) mass is 323 g/mol. The number of aromatic nitrogens is 1. The van der Waals surface area contributed by atoms with Crippen molar-refractivity contribution in [2.24, 2.45) is 0 Å². The first kappa shape index (κ1) is 17.6. The molecule has 0 aliphatic carbocycles. The van der Waals surface area contributed by atoms with Gasteiger partial charge in [-0.2, -0.15) is 12.6 Å². The van der Waals surface area contributed by atoms with Gasteiger partial charge in [0.05, 0.1) is 23.2 Å². The Morgan fingerprint density at radius 3 is 2.59 bits per heavy atom. The van der Waals surface area contributed by atoms with E-state index in [0.29, 0.717) is 6.54 Å². The largest absolute Gasteiger partial charge is 0.386 e. The molecule has 1 aromatic rings. The first-order chi connectivity index (χ1) is 10.2. The van der Waals surface area contributed by atoms with Crippen molar-refractivity contribution in [2.75, 3.05) is 32.1 Å². The third-order valence-corrected chi connectivity index (χ3v) is 5.56. The Hall–Kier alpha value is -0.780. The van der Waals surface area contributed by atoms with Crippen LogP contribution in [-0.4, -0.2) is 53.3 Å². The molecule has 1 N–H and O–H groups in total. The van der Waals surface area contributed by atoms with Crippen molar-refractivity contribution in [3.8, 4) is 0 Å². The van der Waals surface area contributed by atoms with Gasteiger partial charge >= 0.3 is 0 Å². The van der Waals surface area contributed by atoms with Gasteiger partial charge in [-0.05, 0) is 59.8 Å². The number of nitrogens with zero attached hydrogens (tertiary/aromatic N) is 3. The SMILES string of the molecule is CC(S)c1ccc(N2CCCC(O)(C(C)(C)N(C)C)C2)cn1. The van der Waals surface area contributed by atoms with Crippen LogP contribution in [-0.2, 0) is 0 Å². The van der Waals surface area contributed by atoms with Gasteiger partial charge in [-0.3, -0.25) is 4.98 Å². The molecule has 1 saturated heterocycles. The lowest BCUT2D eigenvalue weighted by molar-refractivity contribution is -0.0882. The summed E-state index contributed by atoms with van der Waals surface area (Å²) in [7, 11) is 4.06. The molecule has 0 saturated carbocycles. The first-order valence-electron chi connectivity index (χ1n) is 7.96. The lowest BCUT2D eigenvalue weighted by Crippen LogP contribution is -2.65. The van der Waals surface area contributed by atoms with Gasteiger partial charge in [-0.25, -0.2) is 0 Å². The van der Waals surface area contributed by atoms with Crippen LogP contribution >= 0.6 is 12.6 Å². The Balaban J connectivity index is 2.20.